The predicted octanol–water partition coefficient (Wildman–Crippen LogP) is 2.03. The Morgan fingerprint density at radius 3 is 2.52 bits per heavy atom. The third kappa shape index (κ3) is 10.3. The molecule has 1 aromatic rings. The monoisotopic (exact) mass is 320 g/mol. The number of carbonyl (C=O) groups is 2. The van der Waals surface area contributed by atoms with Crippen LogP contribution in [0.1, 0.15) is 44.9 Å². The van der Waals surface area contributed by atoms with Crippen LogP contribution < -0.4 is 10.6 Å². The van der Waals surface area contributed by atoms with Crippen LogP contribution in [0.3, 0.4) is 0 Å². The van der Waals surface area contributed by atoms with Crippen molar-refractivity contribution in [3.05, 3.63) is 31.4 Å². The summed E-state index contributed by atoms with van der Waals surface area (Å²) in [5.41, 5.74) is 0. The first-order valence-electron chi connectivity index (χ1n) is 8.35. The molecule has 2 amide bonds. The molecular weight excluding hydrogens is 292 g/mol. The summed E-state index contributed by atoms with van der Waals surface area (Å²) in [7, 11) is 0. The molecule has 6 nitrogen and oxygen atoms in total. The number of rotatable bonds is 13. The highest BCUT2D eigenvalue weighted by molar-refractivity contribution is 5.86. The van der Waals surface area contributed by atoms with Crippen LogP contribution in [0.4, 0.5) is 0 Å². The standard InChI is InChI=1S/C17H28N4O2/c1-2-16(22)19-10-8-11-20-17(23)9-6-4-3-5-7-13-21-14-12-18-15-21/h2,12,14-15H,1,3-11,13H2,(H,19,22)(H,20,23). The minimum Gasteiger partial charge on any atom is -0.356 e. The van der Waals surface area contributed by atoms with Crippen molar-refractivity contribution < 1.29 is 9.59 Å². The Morgan fingerprint density at radius 2 is 1.78 bits per heavy atom. The largest absolute Gasteiger partial charge is 0.356 e. The second kappa shape index (κ2) is 12.4. The highest BCUT2D eigenvalue weighted by Crippen LogP contribution is 2.06. The third-order valence-corrected chi connectivity index (χ3v) is 3.54. The first-order chi connectivity index (χ1) is 11.2. The Bertz CT molecular complexity index is 457. The van der Waals surface area contributed by atoms with Crippen molar-refractivity contribution in [1.82, 2.24) is 20.2 Å². The zero-order valence-electron chi connectivity index (χ0n) is 13.8. The summed E-state index contributed by atoms with van der Waals surface area (Å²) < 4.78 is 2.09. The van der Waals surface area contributed by atoms with E-state index in [2.05, 4.69) is 26.8 Å². The smallest absolute Gasteiger partial charge is 0.243 e. The number of nitrogens with zero attached hydrogens (tertiary/aromatic N) is 2. The van der Waals surface area contributed by atoms with Crippen LogP contribution in [-0.2, 0) is 16.1 Å². The number of aromatic nitrogens is 2. The molecular formula is C17H28N4O2. The number of carbonyl (C=O) groups excluding carboxylic acids is 2. The SMILES string of the molecule is C=CC(=O)NCCCNC(=O)CCCCCCCn1ccnc1. The molecule has 0 saturated carbocycles. The van der Waals surface area contributed by atoms with Gasteiger partial charge in [-0.15, -0.1) is 0 Å². The molecule has 23 heavy (non-hydrogen) atoms. The van der Waals surface area contributed by atoms with E-state index in [0.717, 1.165) is 38.6 Å². The zero-order chi connectivity index (χ0) is 16.8. The highest BCUT2D eigenvalue weighted by Gasteiger charge is 2.01. The summed E-state index contributed by atoms with van der Waals surface area (Å²) in [4.78, 5) is 26.5. The minimum atomic E-state index is -0.177. The van der Waals surface area contributed by atoms with Crippen molar-refractivity contribution in [1.29, 1.82) is 0 Å². The number of nitrogens with one attached hydrogen (secondary N) is 2. The van der Waals surface area contributed by atoms with E-state index in [-0.39, 0.29) is 11.8 Å². The van der Waals surface area contributed by atoms with Gasteiger partial charge in [-0.05, 0) is 25.3 Å². The fraction of sp³-hybridized carbons (Fsp3) is 0.588. The van der Waals surface area contributed by atoms with Crippen molar-refractivity contribution >= 4 is 11.8 Å². The van der Waals surface area contributed by atoms with Crippen molar-refractivity contribution in [2.45, 2.75) is 51.5 Å². The molecule has 0 fully saturated rings. The number of amides is 2. The number of hydrogen-bond donors (Lipinski definition) is 2. The topological polar surface area (TPSA) is 76.0 Å². The van der Waals surface area contributed by atoms with Crippen molar-refractivity contribution in [3.8, 4) is 0 Å². The van der Waals surface area contributed by atoms with Crippen molar-refractivity contribution in [3.63, 3.8) is 0 Å². The lowest BCUT2D eigenvalue weighted by Crippen LogP contribution is -2.28. The molecule has 1 aromatic heterocycles. The predicted molar refractivity (Wildman–Crippen MR) is 90.8 cm³/mol. The van der Waals surface area contributed by atoms with Crippen LogP contribution >= 0.6 is 0 Å². The lowest BCUT2D eigenvalue weighted by Gasteiger charge is -2.06. The number of imidazole rings is 1. The fourth-order valence-electron chi connectivity index (χ4n) is 2.22. The summed E-state index contributed by atoms with van der Waals surface area (Å²) >= 11 is 0. The molecule has 128 valence electrons. The number of hydrogen-bond acceptors (Lipinski definition) is 3. The molecule has 1 rings (SSSR count). The normalized spacial score (nSPS) is 10.3. The lowest BCUT2D eigenvalue weighted by atomic mass is 10.1. The van der Waals surface area contributed by atoms with Gasteiger partial charge in [-0.3, -0.25) is 9.59 Å². The third-order valence-electron chi connectivity index (χ3n) is 3.54. The Labute approximate surface area is 138 Å². The van der Waals surface area contributed by atoms with Crippen molar-refractivity contribution in [2.24, 2.45) is 0 Å². The Balaban J connectivity index is 1.84. The average molecular weight is 320 g/mol. The van der Waals surface area contributed by atoms with Gasteiger partial charge in [0.05, 0.1) is 6.33 Å². The Morgan fingerprint density at radius 1 is 1.04 bits per heavy atom. The first kappa shape index (κ1) is 18.9. The molecule has 6 heteroatoms. The molecule has 1 heterocycles. The van der Waals surface area contributed by atoms with Gasteiger partial charge >= 0.3 is 0 Å². The van der Waals surface area contributed by atoms with E-state index >= 15 is 0 Å². The summed E-state index contributed by atoms with van der Waals surface area (Å²) in [5, 5.41) is 5.54. The molecule has 0 unspecified atom stereocenters. The molecule has 0 saturated heterocycles. The van der Waals surface area contributed by atoms with Crippen LogP contribution in [0.2, 0.25) is 0 Å². The molecule has 0 aliphatic carbocycles. The average Bonchev–Trinajstić information content (AvgIpc) is 3.06. The summed E-state index contributed by atoms with van der Waals surface area (Å²) in [5.74, 6) is -0.0807. The molecule has 2 N–H and O–H groups in total. The second-order valence-corrected chi connectivity index (χ2v) is 5.52. The number of unbranched alkanes of at least 4 members (excludes halogenated alkanes) is 4. The Kier molecular flexibility index (Phi) is 10.2. The van der Waals surface area contributed by atoms with Crippen molar-refractivity contribution in [2.75, 3.05) is 13.1 Å². The van der Waals surface area contributed by atoms with E-state index < -0.39 is 0 Å². The zero-order valence-corrected chi connectivity index (χ0v) is 13.8. The van der Waals surface area contributed by atoms with Gasteiger partial charge in [0, 0.05) is 38.4 Å². The molecule has 0 spiro atoms. The molecule has 0 aromatic carbocycles. The van der Waals surface area contributed by atoms with Gasteiger partial charge in [0.1, 0.15) is 0 Å². The lowest BCUT2D eigenvalue weighted by molar-refractivity contribution is -0.121. The maximum Gasteiger partial charge on any atom is 0.243 e. The summed E-state index contributed by atoms with van der Waals surface area (Å²) in [6.07, 6.45) is 13.7. The second-order valence-electron chi connectivity index (χ2n) is 5.52. The van der Waals surface area contributed by atoms with E-state index in [1.807, 2.05) is 12.5 Å². The molecule has 0 aliphatic rings. The number of aryl methyl sites for hydroxylation is 1. The van der Waals surface area contributed by atoms with E-state index in [9.17, 15) is 9.59 Å². The minimum absolute atomic E-state index is 0.0958. The maximum atomic E-state index is 11.6. The van der Waals surface area contributed by atoms with E-state index in [1.54, 1.807) is 6.20 Å². The quantitative estimate of drug-likeness (QED) is 0.431. The van der Waals surface area contributed by atoms with E-state index in [4.69, 9.17) is 0 Å². The Hall–Kier alpha value is -2.11. The van der Waals surface area contributed by atoms with Gasteiger partial charge in [-0.2, -0.15) is 0 Å². The van der Waals surface area contributed by atoms with Gasteiger partial charge in [-0.1, -0.05) is 25.8 Å². The molecule has 0 bridgehead atoms. The summed E-state index contributed by atoms with van der Waals surface area (Å²) in [6, 6.07) is 0. The van der Waals surface area contributed by atoms with Crippen LogP contribution in [0, 0.1) is 0 Å². The fourth-order valence-corrected chi connectivity index (χ4v) is 2.22. The molecule has 0 radical (unpaired) electrons. The van der Waals surface area contributed by atoms with Gasteiger partial charge in [-0.25, -0.2) is 4.98 Å². The van der Waals surface area contributed by atoms with E-state index in [0.29, 0.717) is 19.5 Å². The highest BCUT2D eigenvalue weighted by atomic mass is 16.2. The van der Waals surface area contributed by atoms with Gasteiger partial charge in [0.15, 0.2) is 0 Å². The van der Waals surface area contributed by atoms with E-state index in [1.165, 1.54) is 12.5 Å². The van der Waals surface area contributed by atoms with Gasteiger partial charge in [0.2, 0.25) is 11.8 Å². The van der Waals surface area contributed by atoms with Gasteiger partial charge < -0.3 is 15.2 Å². The molecule has 0 atom stereocenters. The van der Waals surface area contributed by atoms with Crippen LogP contribution in [0.15, 0.2) is 31.4 Å². The summed E-state index contributed by atoms with van der Waals surface area (Å²) in [6.45, 7) is 5.55. The van der Waals surface area contributed by atoms with Crippen LogP contribution in [0.25, 0.3) is 0 Å². The van der Waals surface area contributed by atoms with Gasteiger partial charge in [0.25, 0.3) is 0 Å². The molecule has 0 aliphatic heterocycles. The van der Waals surface area contributed by atoms with Crippen LogP contribution in [-0.4, -0.2) is 34.5 Å². The maximum absolute atomic E-state index is 11.6. The van der Waals surface area contributed by atoms with Crippen LogP contribution in [0.5, 0.6) is 0 Å². The first-order valence-corrected chi connectivity index (χ1v) is 8.35.